The number of H-pyrrole nitrogens is 1. The number of aromatic nitrogens is 2. The lowest BCUT2D eigenvalue weighted by Crippen LogP contribution is -2.30. The standard InChI is InChI=1S/C14H15N3O/c18-14(15-9-13-5-6-16-17-13)12-7-10-3-1-2-4-11(10)8-12/h1-6,12H,7-9H2,(H,15,18)(H,16,17). The van der Waals surface area contributed by atoms with E-state index >= 15 is 0 Å². The maximum Gasteiger partial charge on any atom is 0.224 e. The van der Waals surface area contributed by atoms with Crippen molar-refractivity contribution in [1.82, 2.24) is 15.5 Å². The molecule has 4 nitrogen and oxygen atoms in total. The van der Waals surface area contributed by atoms with Crippen LogP contribution in [0.5, 0.6) is 0 Å². The summed E-state index contributed by atoms with van der Waals surface area (Å²) in [6.45, 7) is 0.520. The van der Waals surface area contributed by atoms with Gasteiger partial charge in [0.05, 0.1) is 12.2 Å². The molecule has 0 unspecified atom stereocenters. The van der Waals surface area contributed by atoms with Crippen LogP contribution in [0.15, 0.2) is 36.5 Å². The Labute approximate surface area is 105 Å². The molecule has 3 rings (SSSR count). The van der Waals surface area contributed by atoms with Crippen LogP contribution >= 0.6 is 0 Å². The first kappa shape index (κ1) is 11.0. The molecule has 4 heteroatoms. The average molecular weight is 241 g/mol. The number of fused-ring (bicyclic) bond motifs is 1. The fourth-order valence-electron chi connectivity index (χ4n) is 2.45. The summed E-state index contributed by atoms with van der Waals surface area (Å²) in [5.74, 6) is 0.200. The molecular weight excluding hydrogens is 226 g/mol. The summed E-state index contributed by atoms with van der Waals surface area (Å²) in [6, 6.07) is 10.1. The van der Waals surface area contributed by atoms with Gasteiger partial charge in [0.2, 0.25) is 5.91 Å². The highest BCUT2D eigenvalue weighted by atomic mass is 16.1. The third-order valence-corrected chi connectivity index (χ3v) is 3.43. The van der Waals surface area contributed by atoms with Gasteiger partial charge in [-0.1, -0.05) is 24.3 Å². The van der Waals surface area contributed by atoms with Crippen LogP contribution in [0.25, 0.3) is 0 Å². The van der Waals surface area contributed by atoms with Crippen LogP contribution in [0.1, 0.15) is 16.8 Å². The maximum atomic E-state index is 12.1. The minimum Gasteiger partial charge on any atom is -0.350 e. The van der Waals surface area contributed by atoms with Crippen molar-refractivity contribution in [3.8, 4) is 0 Å². The molecule has 1 aliphatic rings. The van der Waals surface area contributed by atoms with Crippen LogP contribution < -0.4 is 5.32 Å². The van der Waals surface area contributed by atoms with Crippen molar-refractivity contribution in [2.75, 3.05) is 0 Å². The van der Waals surface area contributed by atoms with Crippen LogP contribution in [-0.2, 0) is 24.2 Å². The van der Waals surface area contributed by atoms with Gasteiger partial charge >= 0.3 is 0 Å². The van der Waals surface area contributed by atoms with Crippen molar-refractivity contribution in [1.29, 1.82) is 0 Å². The van der Waals surface area contributed by atoms with E-state index in [1.807, 2.05) is 18.2 Å². The van der Waals surface area contributed by atoms with Gasteiger partial charge in [-0.05, 0) is 30.0 Å². The molecule has 92 valence electrons. The zero-order valence-electron chi connectivity index (χ0n) is 10.0. The molecule has 1 amide bonds. The lowest BCUT2D eigenvalue weighted by molar-refractivity contribution is -0.124. The van der Waals surface area contributed by atoms with Gasteiger partial charge in [0.15, 0.2) is 0 Å². The van der Waals surface area contributed by atoms with Gasteiger partial charge < -0.3 is 5.32 Å². The van der Waals surface area contributed by atoms with Gasteiger partial charge in [-0.2, -0.15) is 5.10 Å². The van der Waals surface area contributed by atoms with E-state index in [0.29, 0.717) is 6.54 Å². The normalized spacial score (nSPS) is 14.4. The van der Waals surface area contributed by atoms with Crippen LogP contribution in [0.3, 0.4) is 0 Å². The van der Waals surface area contributed by atoms with Crippen molar-refractivity contribution >= 4 is 5.91 Å². The van der Waals surface area contributed by atoms with E-state index in [-0.39, 0.29) is 11.8 Å². The van der Waals surface area contributed by atoms with E-state index in [9.17, 15) is 4.79 Å². The molecule has 0 atom stereocenters. The van der Waals surface area contributed by atoms with Crippen LogP contribution in [0.2, 0.25) is 0 Å². The van der Waals surface area contributed by atoms with E-state index in [0.717, 1.165) is 18.5 Å². The number of aromatic amines is 1. The van der Waals surface area contributed by atoms with Crippen LogP contribution in [-0.4, -0.2) is 16.1 Å². The topological polar surface area (TPSA) is 57.8 Å². The first-order valence-electron chi connectivity index (χ1n) is 6.15. The van der Waals surface area contributed by atoms with E-state index in [1.54, 1.807) is 6.20 Å². The Kier molecular flexibility index (Phi) is 2.84. The number of carbonyl (C=O) groups is 1. The zero-order valence-corrected chi connectivity index (χ0v) is 10.0. The number of amides is 1. The molecule has 0 spiro atoms. The smallest absolute Gasteiger partial charge is 0.224 e. The molecule has 1 aromatic heterocycles. The van der Waals surface area contributed by atoms with Crippen molar-refractivity contribution < 1.29 is 4.79 Å². The molecule has 0 radical (unpaired) electrons. The highest BCUT2D eigenvalue weighted by Crippen LogP contribution is 2.26. The van der Waals surface area contributed by atoms with Gasteiger partial charge in [-0.25, -0.2) is 0 Å². The summed E-state index contributed by atoms with van der Waals surface area (Å²) in [5.41, 5.74) is 3.54. The quantitative estimate of drug-likeness (QED) is 0.854. The Morgan fingerprint density at radius 1 is 1.28 bits per heavy atom. The Balaban J connectivity index is 1.59. The minimum atomic E-state index is 0.0744. The molecular formula is C14H15N3O. The third-order valence-electron chi connectivity index (χ3n) is 3.43. The predicted molar refractivity (Wildman–Crippen MR) is 67.8 cm³/mol. The van der Waals surface area contributed by atoms with Crippen molar-refractivity contribution in [3.05, 3.63) is 53.3 Å². The number of hydrogen-bond acceptors (Lipinski definition) is 2. The van der Waals surface area contributed by atoms with E-state index in [2.05, 4.69) is 27.6 Å². The molecule has 1 aromatic carbocycles. The summed E-state index contributed by atoms with van der Waals surface area (Å²) in [5, 5.41) is 9.64. The van der Waals surface area contributed by atoms with Crippen molar-refractivity contribution in [3.63, 3.8) is 0 Å². The lowest BCUT2D eigenvalue weighted by Gasteiger charge is -2.09. The SMILES string of the molecule is O=C(NCc1ccn[nH]1)C1Cc2ccccc2C1. The molecule has 1 aliphatic carbocycles. The minimum absolute atomic E-state index is 0.0744. The molecule has 2 aromatic rings. The van der Waals surface area contributed by atoms with Gasteiger partial charge in [0.25, 0.3) is 0 Å². The van der Waals surface area contributed by atoms with Gasteiger partial charge in [0.1, 0.15) is 0 Å². The number of hydrogen-bond donors (Lipinski definition) is 2. The predicted octanol–water partition coefficient (Wildman–Crippen LogP) is 1.44. The number of benzene rings is 1. The first-order chi connectivity index (χ1) is 8.83. The molecule has 0 saturated carbocycles. The molecule has 0 fully saturated rings. The van der Waals surface area contributed by atoms with Crippen LogP contribution in [0.4, 0.5) is 0 Å². The molecule has 2 N–H and O–H groups in total. The molecule has 0 saturated heterocycles. The van der Waals surface area contributed by atoms with Gasteiger partial charge in [-0.15, -0.1) is 0 Å². The van der Waals surface area contributed by atoms with Crippen molar-refractivity contribution in [2.24, 2.45) is 5.92 Å². The highest BCUT2D eigenvalue weighted by molar-refractivity contribution is 5.80. The molecule has 1 heterocycles. The fraction of sp³-hybridized carbons (Fsp3) is 0.286. The Morgan fingerprint density at radius 3 is 2.61 bits per heavy atom. The molecule has 0 bridgehead atoms. The number of nitrogens with one attached hydrogen (secondary N) is 2. The second-order valence-corrected chi connectivity index (χ2v) is 4.67. The second-order valence-electron chi connectivity index (χ2n) is 4.67. The monoisotopic (exact) mass is 241 g/mol. The van der Waals surface area contributed by atoms with E-state index in [1.165, 1.54) is 11.1 Å². The maximum absolute atomic E-state index is 12.1. The first-order valence-corrected chi connectivity index (χ1v) is 6.15. The van der Waals surface area contributed by atoms with E-state index in [4.69, 9.17) is 0 Å². The average Bonchev–Trinajstić information content (AvgIpc) is 3.04. The summed E-state index contributed by atoms with van der Waals surface area (Å²) in [6.07, 6.45) is 3.39. The fourth-order valence-corrected chi connectivity index (χ4v) is 2.45. The Bertz CT molecular complexity index is 523. The van der Waals surface area contributed by atoms with Gasteiger partial charge in [-0.3, -0.25) is 9.89 Å². The molecule has 0 aliphatic heterocycles. The van der Waals surface area contributed by atoms with E-state index < -0.39 is 0 Å². The summed E-state index contributed by atoms with van der Waals surface area (Å²) < 4.78 is 0. The lowest BCUT2D eigenvalue weighted by atomic mass is 10.1. The largest absolute Gasteiger partial charge is 0.350 e. The summed E-state index contributed by atoms with van der Waals surface area (Å²) in [4.78, 5) is 12.1. The Morgan fingerprint density at radius 2 is 2.00 bits per heavy atom. The second kappa shape index (κ2) is 4.64. The van der Waals surface area contributed by atoms with Crippen LogP contribution in [0, 0.1) is 5.92 Å². The van der Waals surface area contributed by atoms with Gasteiger partial charge in [0, 0.05) is 12.1 Å². The number of rotatable bonds is 3. The summed E-state index contributed by atoms with van der Waals surface area (Å²) in [7, 11) is 0. The summed E-state index contributed by atoms with van der Waals surface area (Å²) >= 11 is 0. The number of nitrogens with zero attached hydrogens (tertiary/aromatic N) is 1. The highest BCUT2D eigenvalue weighted by Gasteiger charge is 2.26. The zero-order chi connectivity index (χ0) is 12.4. The third kappa shape index (κ3) is 2.14. The molecule has 18 heavy (non-hydrogen) atoms. The number of carbonyl (C=O) groups excluding carboxylic acids is 1. The Hall–Kier alpha value is -2.10. The van der Waals surface area contributed by atoms with Crippen molar-refractivity contribution in [2.45, 2.75) is 19.4 Å².